The van der Waals surface area contributed by atoms with Gasteiger partial charge in [0.1, 0.15) is 5.76 Å². The standard InChI is InChI=1S/C21H28N4O4/c1-15(2)18-12-17(23-29-18)21(26)25-8-11-28-19(14-24-6-9-27-10-7-24)20(25)16-4-3-5-22-13-16/h3-5,12-13,15,19-20H,6-11,14H2,1-2H3/t19-,20-/m0/s1. The Morgan fingerprint density at radius 3 is 2.76 bits per heavy atom. The molecule has 0 bridgehead atoms. The van der Waals surface area contributed by atoms with Crippen LogP contribution >= 0.6 is 0 Å². The van der Waals surface area contributed by atoms with Crippen molar-refractivity contribution in [1.29, 1.82) is 0 Å². The van der Waals surface area contributed by atoms with Gasteiger partial charge < -0.3 is 18.9 Å². The van der Waals surface area contributed by atoms with Gasteiger partial charge in [0, 0.05) is 50.6 Å². The van der Waals surface area contributed by atoms with Crippen LogP contribution < -0.4 is 0 Å². The minimum absolute atomic E-state index is 0.134. The highest BCUT2D eigenvalue weighted by atomic mass is 16.5. The summed E-state index contributed by atoms with van der Waals surface area (Å²) in [5.74, 6) is 0.756. The van der Waals surface area contributed by atoms with E-state index in [1.807, 2.05) is 37.1 Å². The average Bonchev–Trinajstić information content (AvgIpc) is 3.25. The van der Waals surface area contributed by atoms with Crippen molar-refractivity contribution in [2.75, 3.05) is 46.0 Å². The third-order valence-corrected chi connectivity index (χ3v) is 5.50. The number of carbonyl (C=O) groups is 1. The maximum atomic E-state index is 13.4. The largest absolute Gasteiger partial charge is 0.379 e. The maximum Gasteiger partial charge on any atom is 0.276 e. The lowest BCUT2D eigenvalue weighted by Gasteiger charge is -2.43. The minimum Gasteiger partial charge on any atom is -0.379 e. The van der Waals surface area contributed by atoms with E-state index >= 15 is 0 Å². The first-order chi connectivity index (χ1) is 14.1. The van der Waals surface area contributed by atoms with Crippen LogP contribution in [0.2, 0.25) is 0 Å². The molecular formula is C21H28N4O4. The molecular weight excluding hydrogens is 372 g/mol. The number of carbonyl (C=O) groups excluding carboxylic acids is 1. The topological polar surface area (TPSA) is 80.9 Å². The number of hydrogen-bond donors (Lipinski definition) is 0. The van der Waals surface area contributed by atoms with Crippen molar-refractivity contribution in [1.82, 2.24) is 19.9 Å². The van der Waals surface area contributed by atoms with E-state index in [0.29, 0.717) is 24.6 Å². The number of rotatable bonds is 5. The lowest BCUT2D eigenvalue weighted by Crippen LogP contribution is -2.53. The Balaban J connectivity index is 1.60. The van der Waals surface area contributed by atoms with Gasteiger partial charge in [-0.05, 0) is 11.6 Å². The van der Waals surface area contributed by atoms with Crippen LogP contribution in [0, 0.1) is 0 Å². The van der Waals surface area contributed by atoms with Crippen LogP contribution in [-0.4, -0.2) is 78.0 Å². The van der Waals surface area contributed by atoms with E-state index in [-0.39, 0.29) is 24.0 Å². The molecule has 0 saturated carbocycles. The molecule has 8 heteroatoms. The summed E-state index contributed by atoms with van der Waals surface area (Å²) in [6.07, 6.45) is 3.41. The molecule has 0 spiro atoms. The number of ether oxygens (including phenoxy) is 2. The smallest absolute Gasteiger partial charge is 0.276 e. The Morgan fingerprint density at radius 2 is 2.07 bits per heavy atom. The van der Waals surface area contributed by atoms with Crippen LogP contribution in [-0.2, 0) is 9.47 Å². The number of aromatic nitrogens is 2. The Bertz CT molecular complexity index is 804. The van der Waals surface area contributed by atoms with Crippen LogP contribution in [0.4, 0.5) is 0 Å². The van der Waals surface area contributed by atoms with Crippen LogP contribution in [0.3, 0.4) is 0 Å². The number of nitrogens with zero attached hydrogens (tertiary/aromatic N) is 4. The number of morpholine rings is 2. The molecule has 0 unspecified atom stereocenters. The highest BCUT2D eigenvalue weighted by molar-refractivity contribution is 5.92. The lowest BCUT2D eigenvalue weighted by atomic mass is 9.98. The van der Waals surface area contributed by atoms with Crippen molar-refractivity contribution < 1.29 is 18.8 Å². The molecule has 0 aromatic carbocycles. The summed E-state index contributed by atoms with van der Waals surface area (Å²) in [4.78, 5) is 21.8. The summed E-state index contributed by atoms with van der Waals surface area (Å²) < 4.78 is 17.0. The first-order valence-corrected chi connectivity index (χ1v) is 10.2. The van der Waals surface area contributed by atoms with Crippen LogP contribution in [0.5, 0.6) is 0 Å². The molecule has 0 N–H and O–H groups in total. The number of amides is 1. The molecule has 2 fully saturated rings. The molecule has 2 aromatic rings. The highest BCUT2D eigenvalue weighted by Gasteiger charge is 2.39. The van der Waals surface area contributed by atoms with E-state index in [1.54, 1.807) is 12.3 Å². The second-order valence-electron chi connectivity index (χ2n) is 7.82. The van der Waals surface area contributed by atoms with Gasteiger partial charge in [0.05, 0.1) is 32.0 Å². The molecule has 4 rings (SSSR count). The Morgan fingerprint density at radius 1 is 1.24 bits per heavy atom. The van der Waals surface area contributed by atoms with E-state index in [0.717, 1.165) is 38.4 Å². The number of pyridine rings is 1. The van der Waals surface area contributed by atoms with Gasteiger partial charge in [0.2, 0.25) is 0 Å². The van der Waals surface area contributed by atoms with Crippen molar-refractivity contribution in [2.24, 2.45) is 0 Å². The molecule has 1 amide bonds. The highest BCUT2D eigenvalue weighted by Crippen LogP contribution is 2.31. The third-order valence-electron chi connectivity index (χ3n) is 5.50. The predicted octanol–water partition coefficient (Wildman–Crippen LogP) is 2.11. The van der Waals surface area contributed by atoms with Crippen molar-refractivity contribution in [3.63, 3.8) is 0 Å². The minimum atomic E-state index is -0.230. The van der Waals surface area contributed by atoms with E-state index in [9.17, 15) is 4.79 Å². The normalized spacial score (nSPS) is 23.5. The van der Waals surface area contributed by atoms with Gasteiger partial charge in [-0.2, -0.15) is 0 Å². The van der Waals surface area contributed by atoms with E-state index in [4.69, 9.17) is 14.0 Å². The van der Waals surface area contributed by atoms with Gasteiger partial charge >= 0.3 is 0 Å². The second-order valence-corrected chi connectivity index (χ2v) is 7.82. The zero-order valence-corrected chi connectivity index (χ0v) is 17.0. The number of hydrogen-bond acceptors (Lipinski definition) is 7. The van der Waals surface area contributed by atoms with Crippen molar-refractivity contribution in [3.05, 3.63) is 47.6 Å². The van der Waals surface area contributed by atoms with Crippen LogP contribution in [0.25, 0.3) is 0 Å². The maximum absolute atomic E-state index is 13.4. The van der Waals surface area contributed by atoms with Crippen LogP contribution in [0.15, 0.2) is 35.1 Å². The van der Waals surface area contributed by atoms with Crippen LogP contribution in [0.1, 0.15) is 47.6 Å². The first-order valence-electron chi connectivity index (χ1n) is 10.2. The molecule has 0 aliphatic carbocycles. The molecule has 2 atom stereocenters. The van der Waals surface area contributed by atoms with E-state index < -0.39 is 0 Å². The fourth-order valence-corrected chi connectivity index (χ4v) is 3.91. The zero-order valence-electron chi connectivity index (χ0n) is 17.0. The monoisotopic (exact) mass is 400 g/mol. The molecule has 8 nitrogen and oxygen atoms in total. The van der Waals surface area contributed by atoms with Gasteiger partial charge in [0.25, 0.3) is 5.91 Å². The third kappa shape index (κ3) is 4.49. The van der Waals surface area contributed by atoms with Crippen molar-refractivity contribution in [3.8, 4) is 0 Å². The summed E-state index contributed by atoms with van der Waals surface area (Å²) in [5, 5.41) is 4.03. The van der Waals surface area contributed by atoms with E-state index in [2.05, 4.69) is 15.0 Å². The lowest BCUT2D eigenvalue weighted by molar-refractivity contribution is -0.0821. The fourth-order valence-electron chi connectivity index (χ4n) is 3.91. The Kier molecular flexibility index (Phi) is 6.22. The molecule has 2 aromatic heterocycles. The predicted molar refractivity (Wildman–Crippen MR) is 106 cm³/mol. The van der Waals surface area contributed by atoms with Gasteiger partial charge in [-0.1, -0.05) is 25.1 Å². The first kappa shape index (κ1) is 20.0. The van der Waals surface area contributed by atoms with Gasteiger partial charge in [-0.25, -0.2) is 0 Å². The summed E-state index contributed by atoms with van der Waals surface area (Å²) in [7, 11) is 0. The Labute approximate surface area is 170 Å². The van der Waals surface area contributed by atoms with Crippen molar-refractivity contribution >= 4 is 5.91 Å². The molecule has 29 heavy (non-hydrogen) atoms. The molecule has 2 aliphatic heterocycles. The van der Waals surface area contributed by atoms with Gasteiger partial charge in [-0.15, -0.1) is 0 Å². The second kappa shape index (κ2) is 9.02. The molecule has 2 aliphatic rings. The Hall–Kier alpha value is -2.29. The van der Waals surface area contributed by atoms with Gasteiger partial charge in [-0.3, -0.25) is 14.7 Å². The van der Waals surface area contributed by atoms with Gasteiger partial charge in [0.15, 0.2) is 5.69 Å². The SMILES string of the molecule is CC(C)c1cc(C(=O)N2CCO[C@@H](CN3CCOCC3)[C@@H]2c2cccnc2)no1. The zero-order chi connectivity index (χ0) is 20.2. The summed E-state index contributed by atoms with van der Waals surface area (Å²) in [6, 6.07) is 5.42. The summed E-state index contributed by atoms with van der Waals surface area (Å²) in [5.41, 5.74) is 1.31. The average molecular weight is 400 g/mol. The molecule has 4 heterocycles. The quantitative estimate of drug-likeness (QED) is 0.760. The molecule has 2 saturated heterocycles. The molecule has 0 radical (unpaired) electrons. The summed E-state index contributed by atoms with van der Waals surface area (Å²) in [6.45, 7) is 8.95. The van der Waals surface area contributed by atoms with E-state index in [1.165, 1.54) is 0 Å². The molecule has 156 valence electrons. The van der Waals surface area contributed by atoms with Crippen molar-refractivity contribution in [2.45, 2.75) is 31.9 Å². The fraction of sp³-hybridized carbons (Fsp3) is 0.571. The summed E-state index contributed by atoms with van der Waals surface area (Å²) >= 11 is 0.